The van der Waals surface area contributed by atoms with Crippen molar-refractivity contribution in [3.05, 3.63) is 29.8 Å². The zero-order valence-electron chi connectivity index (χ0n) is 15.3. The van der Waals surface area contributed by atoms with Gasteiger partial charge in [-0.05, 0) is 49.9 Å². The van der Waals surface area contributed by atoms with Crippen molar-refractivity contribution < 1.29 is 19.1 Å². The van der Waals surface area contributed by atoms with Crippen LogP contribution >= 0.6 is 31.9 Å². The van der Waals surface area contributed by atoms with E-state index in [-0.39, 0.29) is 45.3 Å². The number of nitrogens with one attached hydrogen (secondary N) is 1. The van der Waals surface area contributed by atoms with Gasteiger partial charge in [0, 0.05) is 28.4 Å². The standard InChI is InChI=1S/C20H22Br2N2O4/c21-16-8-14-15(9-17(16)22)20(27)24(19(14)26)12-5-3-11(4-6-12)18(25)23-10-13-2-1-7-28-13/h3-6,13-17H,1-2,7-10H2,(H,23,25)/t13-,14+,15+,16-,17+/m0/s1. The molecule has 0 bridgehead atoms. The summed E-state index contributed by atoms with van der Waals surface area (Å²) in [5.41, 5.74) is 1.02. The maximum absolute atomic E-state index is 12.8. The fourth-order valence-electron chi connectivity index (χ4n) is 4.23. The summed E-state index contributed by atoms with van der Waals surface area (Å²) in [5.74, 6) is -1.02. The van der Waals surface area contributed by atoms with E-state index in [1.807, 2.05) is 0 Å². The number of fused-ring (bicyclic) bond motifs is 1. The molecule has 150 valence electrons. The lowest BCUT2D eigenvalue weighted by atomic mass is 9.81. The number of carbonyl (C=O) groups is 3. The van der Waals surface area contributed by atoms with Crippen molar-refractivity contribution in [1.82, 2.24) is 5.32 Å². The Morgan fingerprint density at radius 2 is 1.68 bits per heavy atom. The predicted octanol–water partition coefficient (Wildman–Crippen LogP) is 3.02. The first kappa shape index (κ1) is 20.0. The average Bonchev–Trinajstić information content (AvgIpc) is 3.29. The molecule has 1 saturated carbocycles. The summed E-state index contributed by atoms with van der Waals surface area (Å²) in [4.78, 5) is 39.7. The second kappa shape index (κ2) is 8.24. The SMILES string of the molecule is O=C(NC[C@@H]1CCCO1)c1ccc(N2C(=O)[C@@H]3C[C@@H](Br)[C@@H](Br)C[C@H]3C2=O)cc1. The average molecular weight is 514 g/mol. The number of amides is 3. The molecule has 2 heterocycles. The van der Waals surface area contributed by atoms with Gasteiger partial charge >= 0.3 is 0 Å². The number of anilines is 1. The van der Waals surface area contributed by atoms with Gasteiger partial charge in [-0.3, -0.25) is 19.3 Å². The molecule has 1 aromatic carbocycles. The Morgan fingerprint density at radius 1 is 1.07 bits per heavy atom. The normalized spacial score (nSPS) is 32.5. The lowest BCUT2D eigenvalue weighted by Crippen LogP contribution is -2.34. The summed E-state index contributed by atoms with van der Waals surface area (Å²) in [5, 5.41) is 2.88. The van der Waals surface area contributed by atoms with Gasteiger partial charge in [0.05, 0.1) is 23.6 Å². The van der Waals surface area contributed by atoms with Crippen LogP contribution in [0.5, 0.6) is 0 Å². The molecule has 2 saturated heterocycles. The third-order valence-corrected chi connectivity index (χ3v) is 8.55. The van der Waals surface area contributed by atoms with Crippen molar-refractivity contribution in [2.24, 2.45) is 11.8 Å². The fourth-order valence-corrected chi connectivity index (χ4v) is 5.46. The number of ether oxygens (including phenoxy) is 1. The summed E-state index contributed by atoms with van der Waals surface area (Å²) in [6, 6.07) is 6.66. The van der Waals surface area contributed by atoms with Crippen molar-refractivity contribution in [1.29, 1.82) is 0 Å². The fraction of sp³-hybridized carbons (Fsp3) is 0.550. The summed E-state index contributed by atoms with van der Waals surface area (Å²) >= 11 is 7.19. The van der Waals surface area contributed by atoms with Crippen LogP contribution in [-0.2, 0) is 14.3 Å². The number of rotatable bonds is 4. The van der Waals surface area contributed by atoms with Crippen LogP contribution in [-0.4, -0.2) is 46.6 Å². The molecule has 1 aliphatic carbocycles. The minimum Gasteiger partial charge on any atom is -0.376 e. The second-order valence-electron chi connectivity index (χ2n) is 7.62. The highest BCUT2D eigenvalue weighted by molar-refractivity contribution is 9.12. The quantitative estimate of drug-likeness (QED) is 0.496. The largest absolute Gasteiger partial charge is 0.376 e. The second-order valence-corrected chi connectivity index (χ2v) is 9.97. The van der Waals surface area contributed by atoms with Gasteiger partial charge in [-0.2, -0.15) is 0 Å². The van der Waals surface area contributed by atoms with E-state index in [4.69, 9.17) is 4.74 Å². The van der Waals surface area contributed by atoms with E-state index in [2.05, 4.69) is 37.2 Å². The topological polar surface area (TPSA) is 75.7 Å². The molecule has 0 spiro atoms. The van der Waals surface area contributed by atoms with E-state index in [0.717, 1.165) is 19.4 Å². The first-order chi connectivity index (χ1) is 13.5. The molecule has 2 aliphatic heterocycles. The highest BCUT2D eigenvalue weighted by Gasteiger charge is 2.52. The van der Waals surface area contributed by atoms with Crippen LogP contribution < -0.4 is 10.2 Å². The van der Waals surface area contributed by atoms with Gasteiger partial charge in [0.1, 0.15) is 0 Å². The summed E-state index contributed by atoms with van der Waals surface area (Å²) in [7, 11) is 0. The zero-order chi connectivity index (χ0) is 19.8. The number of halogens is 2. The lowest BCUT2D eigenvalue weighted by Gasteiger charge is -2.29. The number of alkyl halides is 2. The lowest BCUT2D eigenvalue weighted by molar-refractivity contribution is -0.122. The van der Waals surface area contributed by atoms with Crippen molar-refractivity contribution in [2.75, 3.05) is 18.1 Å². The van der Waals surface area contributed by atoms with E-state index in [1.54, 1.807) is 24.3 Å². The number of imide groups is 1. The van der Waals surface area contributed by atoms with E-state index in [1.165, 1.54) is 4.90 Å². The van der Waals surface area contributed by atoms with Crippen molar-refractivity contribution in [3.63, 3.8) is 0 Å². The van der Waals surface area contributed by atoms with E-state index in [0.29, 0.717) is 30.6 Å². The van der Waals surface area contributed by atoms with E-state index >= 15 is 0 Å². The number of carbonyl (C=O) groups excluding carboxylic acids is 3. The molecular formula is C20H22Br2N2O4. The highest BCUT2D eigenvalue weighted by Crippen LogP contribution is 2.44. The Morgan fingerprint density at radius 3 is 2.21 bits per heavy atom. The third-order valence-electron chi connectivity index (χ3n) is 5.81. The molecule has 4 rings (SSSR count). The Labute approximate surface area is 180 Å². The molecule has 0 unspecified atom stereocenters. The Bertz CT molecular complexity index is 751. The van der Waals surface area contributed by atoms with Crippen LogP contribution in [0.3, 0.4) is 0 Å². The number of hydrogen-bond donors (Lipinski definition) is 1. The summed E-state index contributed by atoms with van der Waals surface area (Å²) in [6.07, 6.45) is 3.37. The molecule has 6 nitrogen and oxygen atoms in total. The predicted molar refractivity (Wildman–Crippen MR) is 112 cm³/mol. The molecule has 5 atom stereocenters. The van der Waals surface area contributed by atoms with E-state index < -0.39 is 0 Å². The highest BCUT2D eigenvalue weighted by atomic mass is 79.9. The molecule has 1 aromatic rings. The monoisotopic (exact) mass is 512 g/mol. The van der Waals surface area contributed by atoms with Crippen LogP contribution in [0.15, 0.2) is 24.3 Å². The van der Waals surface area contributed by atoms with Crippen LogP contribution in [0.4, 0.5) is 5.69 Å². The van der Waals surface area contributed by atoms with Crippen LogP contribution in [0.2, 0.25) is 0 Å². The molecule has 3 fully saturated rings. The van der Waals surface area contributed by atoms with Crippen LogP contribution in [0.1, 0.15) is 36.0 Å². The smallest absolute Gasteiger partial charge is 0.251 e. The van der Waals surface area contributed by atoms with Gasteiger partial charge in [-0.25, -0.2) is 0 Å². The van der Waals surface area contributed by atoms with Gasteiger partial charge in [-0.15, -0.1) is 0 Å². The molecule has 3 aliphatic rings. The molecule has 3 amide bonds. The third kappa shape index (κ3) is 3.78. The molecule has 28 heavy (non-hydrogen) atoms. The van der Waals surface area contributed by atoms with E-state index in [9.17, 15) is 14.4 Å². The van der Waals surface area contributed by atoms with Crippen LogP contribution in [0.25, 0.3) is 0 Å². The molecule has 0 radical (unpaired) electrons. The molecule has 1 N–H and O–H groups in total. The molecular weight excluding hydrogens is 492 g/mol. The van der Waals surface area contributed by atoms with Gasteiger partial charge in [-0.1, -0.05) is 31.9 Å². The van der Waals surface area contributed by atoms with Gasteiger partial charge in [0.15, 0.2) is 0 Å². The Hall–Kier alpha value is -1.25. The van der Waals surface area contributed by atoms with Crippen molar-refractivity contribution >= 4 is 55.3 Å². The van der Waals surface area contributed by atoms with Gasteiger partial charge in [0.25, 0.3) is 5.91 Å². The first-order valence-electron chi connectivity index (χ1n) is 9.61. The summed E-state index contributed by atoms with van der Waals surface area (Å²) < 4.78 is 5.51. The Kier molecular flexibility index (Phi) is 5.90. The van der Waals surface area contributed by atoms with Crippen molar-refractivity contribution in [3.8, 4) is 0 Å². The zero-order valence-corrected chi connectivity index (χ0v) is 18.4. The maximum Gasteiger partial charge on any atom is 0.251 e. The maximum atomic E-state index is 12.8. The number of nitrogens with zero attached hydrogens (tertiary/aromatic N) is 1. The minimum atomic E-state index is -0.278. The molecule has 8 heteroatoms. The Balaban J connectivity index is 1.44. The van der Waals surface area contributed by atoms with Crippen molar-refractivity contribution in [2.45, 2.75) is 41.4 Å². The number of hydrogen-bond acceptors (Lipinski definition) is 4. The van der Waals surface area contributed by atoms with Gasteiger partial charge < -0.3 is 10.1 Å². The first-order valence-corrected chi connectivity index (χ1v) is 11.4. The van der Waals surface area contributed by atoms with Gasteiger partial charge in [0.2, 0.25) is 11.8 Å². The van der Waals surface area contributed by atoms with Crippen LogP contribution in [0, 0.1) is 11.8 Å². The molecule has 0 aromatic heterocycles. The summed E-state index contributed by atoms with van der Waals surface area (Å²) in [6.45, 7) is 1.25. The minimum absolute atomic E-state index is 0.0860. The number of benzene rings is 1.